The van der Waals surface area contributed by atoms with E-state index in [0.29, 0.717) is 17.9 Å². The van der Waals surface area contributed by atoms with Crippen LogP contribution in [0.2, 0.25) is 0 Å². The van der Waals surface area contributed by atoms with Crippen LogP contribution in [0.1, 0.15) is 68.7 Å². The molecule has 0 spiro atoms. The fourth-order valence-corrected chi connectivity index (χ4v) is 4.47. The highest BCUT2D eigenvalue weighted by Crippen LogP contribution is 2.47. The molecule has 2 heteroatoms. The summed E-state index contributed by atoms with van der Waals surface area (Å²) in [7, 11) is 0. The predicted octanol–water partition coefficient (Wildman–Crippen LogP) is 6.39. The van der Waals surface area contributed by atoms with E-state index in [9.17, 15) is 0 Å². The van der Waals surface area contributed by atoms with E-state index in [-0.39, 0.29) is 0 Å². The number of hydrogen-bond acceptors (Lipinski definition) is 2. The van der Waals surface area contributed by atoms with Gasteiger partial charge in [-0.2, -0.15) is 11.3 Å². The lowest BCUT2D eigenvalue weighted by Gasteiger charge is -2.39. The van der Waals surface area contributed by atoms with Crippen molar-refractivity contribution in [3.8, 4) is 0 Å². The van der Waals surface area contributed by atoms with E-state index >= 15 is 0 Å². The second kappa shape index (κ2) is 6.87. The first kappa shape index (κ1) is 15.6. The van der Waals surface area contributed by atoms with Gasteiger partial charge in [-0.1, -0.05) is 45.7 Å². The van der Waals surface area contributed by atoms with Gasteiger partial charge in [0.25, 0.3) is 0 Å². The van der Waals surface area contributed by atoms with E-state index in [1.807, 2.05) is 11.3 Å². The second-order valence-corrected chi connectivity index (χ2v) is 7.33. The maximum atomic E-state index is 3.85. The van der Waals surface area contributed by atoms with Crippen LogP contribution >= 0.6 is 11.3 Å². The minimum atomic E-state index is 0.466. The number of nitrogens with one attached hydrogen (secondary N) is 1. The van der Waals surface area contributed by atoms with Gasteiger partial charge in [-0.05, 0) is 64.3 Å². The van der Waals surface area contributed by atoms with Gasteiger partial charge in [0.05, 0.1) is 6.04 Å². The van der Waals surface area contributed by atoms with Crippen molar-refractivity contribution < 1.29 is 0 Å². The van der Waals surface area contributed by atoms with Crippen molar-refractivity contribution in [2.45, 2.75) is 58.4 Å². The summed E-state index contributed by atoms with van der Waals surface area (Å²) < 4.78 is 0. The number of hydrogen-bond donors (Lipinski definition) is 1. The Bertz CT molecular complexity index is 602. The number of rotatable bonds is 5. The van der Waals surface area contributed by atoms with Gasteiger partial charge in [0, 0.05) is 5.69 Å². The van der Waals surface area contributed by atoms with Crippen LogP contribution in [0, 0.1) is 5.92 Å². The predicted molar refractivity (Wildman–Crippen MR) is 97.9 cm³/mol. The van der Waals surface area contributed by atoms with Crippen molar-refractivity contribution in [2.24, 2.45) is 5.92 Å². The molecular formula is C20H27NS. The molecule has 118 valence electrons. The molecule has 2 aromatic rings. The van der Waals surface area contributed by atoms with Gasteiger partial charge in [-0.15, -0.1) is 0 Å². The molecule has 0 fully saturated rings. The smallest absolute Gasteiger partial charge is 0.0556 e. The van der Waals surface area contributed by atoms with Gasteiger partial charge < -0.3 is 5.32 Å². The molecule has 1 nitrogen and oxygen atoms in total. The van der Waals surface area contributed by atoms with Gasteiger partial charge in [0.2, 0.25) is 0 Å². The zero-order valence-corrected chi connectivity index (χ0v) is 14.7. The summed E-state index contributed by atoms with van der Waals surface area (Å²) in [6, 6.07) is 9.75. The molecule has 0 saturated carbocycles. The van der Waals surface area contributed by atoms with Crippen LogP contribution in [0.4, 0.5) is 5.69 Å². The Hall–Kier alpha value is -1.28. The second-order valence-electron chi connectivity index (χ2n) is 6.55. The summed E-state index contributed by atoms with van der Waals surface area (Å²) in [6.45, 7) is 6.97. The van der Waals surface area contributed by atoms with E-state index in [0.717, 1.165) is 6.42 Å². The van der Waals surface area contributed by atoms with Gasteiger partial charge >= 0.3 is 0 Å². The highest BCUT2D eigenvalue weighted by Gasteiger charge is 2.34. The fourth-order valence-electron chi connectivity index (χ4n) is 3.77. The largest absolute Gasteiger partial charge is 0.378 e. The Morgan fingerprint density at radius 1 is 1.18 bits per heavy atom. The van der Waals surface area contributed by atoms with Crippen molar-refractivity contribution in [3.05, 3.63) is 51.7 Å². The first-order valence-corrected chi connectivity index (χ1v) is 9.60. The molecule has 0 radical (unpaired) electrons. The van der Waals surface area contributed by atoms with Crippen LogP contribution < -0.4 is 5.32 Å². The van der Waals surface area contributed by atoms with E-state index in [4.69, 9.17) is 0 Å². The Morgan fingerprint density at radius 2 is 2.05 bits per heavy atom. The third kappa shape index (κ3) is 2.94. The number of thiophene rings is 1. The maximum Gasteiger partial charge on any atom is 0.0556 e. The zero-order valence-electron chi connectivity index (χ0n) is 13.9. The van der Waals surface area contributed by atoms with Gasteiger partial charge in [0.15, 0.2) is 0 Å². The number of fused-ring (bicyclic) bond motifs is 1. The summed E-state index contributed by atoms with van der Waals surface area (Å²) in [5.41, 5.74) is 5.78. The molecule has 3 atom stereocenters. The summed E-state index contributed by atoms with van der Waals surface area (Å²) in [4.78, 5) is 0. The quantitative estimate of drug-likeness (QED) is 0.674. The number of anilines is 1. The molecular weight excluding hydrogens is 286 g/mol. The zero-order chi connectivity index (χ0) is 15.5. The molecule has 1 N–H and O–H groups in total. The van der Waals surface area contributed by atoms with Crippen LogP contribution in [0.5, 0.6) is 0 Å². The fraction of sp³-hybridized carbons (Fsp3) is 0.500. The molecule has 1 aliphatic rings. The molecule has 0 bridgehead atoms. The maximum absolute atomic E-state index is 3.85. The summed E-state index contributed by atoms with van der Waals surface area (Å²) >= 11 is 1.81. The minimum absolute atomic E-state index is 0.466. The third-order valence-corrected chi connectivity index (χ3v) is 5.89. The lowest BCUT2D eigenvalue weighted by Crippen LogP contribution is -2.30. The Kier molecular flexibility index (Phi) is 4.87. The summed E-state index contributed by atoms with van der Waals surface area (Å²) in [5, 5.41) is 8.36. The standard InChI is InChI=1S/C20H27NS/c1-4-6-7-17-14(3)18-12-15(5-2)8-9-19(18)21-20(17)16-10-11-22-13-16/h8-14,17,20-21H,4-7H2,1-3H3/t14?,17-,20+/m1/s1. The van der Waals surface area contributed by atoms with Crippen molar-refractivity contribution >= 4 is 17.0 Å². The molecule has 1 aliphatic heterocycles. The minimum Gasteiger partial charge on any atom is -0.378 e. The molecule has 1 aromatic heterocycles. The summed E-state index contributed by atoms with van der Waals surface area (Å²) in [6.07, 6.45) is 5.02. The molecule has 3 rings (SSSR count). The van der Waals surface area contributed by atoms with E-state index < -0.39 is 0 Å². The molecule has 2 heterocycles. The molecule has 0 saturated heterocycles. The lowest BCUT2D eigenvalue weighted by atomic mass is 9.74. The first-order valence-electron chi connectivity index (χ1n) is 8.66. The molecule has 0 aliphatic carbocycles. The molecule has 1 unspecified atom stereocenters. The van der Waals surface area contributed by atoms with Crippen LogP contribution in [0.3, 0.4) is 0 Å². The Balaban J connectivity index is 1.97. The van der Waals surface area contributed by atoms with Crippen LogP contribution in [0.15, 0.2) is 35.0 Å². The molecule has 0 amide bonds. The Morgan fingerprint density at radius 3 is 2.73 bits per heavy atom. The van der Waals surface area contributed by atoms with Crippen molar-refractivity contribution in [3.63, 3.8) is 0 Å². The van der Waals surface area contributed by atoms with Crippen molar-refractivity contribution in [1.29, 1.82) is 0 Å². The average Bonchev–Trinajstić information content (AvgIpc) is 3.08. The van der Waals surface area contributed by atoms with E-state index in [1.54, 1.807) is 0 Å². The SMILES string of the molecule is CCCC[C@@H]1C(C)c2cc(CC)ccc2N[C@H]1c1ccsc1. The van der Waals surface area contributed by atoms with Crippen LogP contribution in [0.25, 0.3) is 0 Å². The molecule has 22 heavy (non-hydrogen) atoms. The molecule has 1 aromatic carbocycles. The number of benzene rings is 1. The van der Waals surface area contributed by atoms with E-state index in [1.165, 1.54) is 41.6 Å². The average molecular weight is 314 g/mol. The highest BCUT2D eigenvalue weighted by molar-refractivity contribution is 7.08. The van der Waals surface area contributed by atoms with Crippen LogP contribution in [-0.4, -0.2) is 0 Å². The van der Waals surface area contributed by atoms with E-state index in [2.05, 4.69) is 61.1 Å². The highest BCUT2D eigenvalue weighted by atomic mass is 32.1. The van der Waals surface area contributed by atoms with Crippen molar-refractivity contribution in [1.82, 2.24) is 0 Å². The number of unbranched alkanes of at least 4 members (excludes halogenated alkanes) is 1. The van der Waals surface area contributed by atoms with Crippen LogP contribution in [-0.2, 0) is 6.42 Å². The lowest BCUT2D eigenvalue weighted by molar-refractivity contribution is 0.342. The van der Waals surface area contributed by atoms with Gasteiger partial charge in [0.1, 0.15) is 0 Å². The first-order chi connectivity index (χ1) is 10.7. The summed E-state index contributed by atoms with van der Waals surface area (Å²) in [5.74, 6) is 1.31. The van der Waals surface area contributed by atoms with Gasteiger partial charge in [-0.25, -0.2) is 0 Å². The van der Waals surface area contributed by atoms with Gasteiger partial charge in [-0.3, -0.25) is 0 Å². The Labute approximate surface area is 138 Å². The van der Waals surface area contributed by atoms with Crippen molar-refractivity contribution in [2.75, 3.05) is 5.32 Å². The third-order valence-electron chi connectivity index (χ3n) is 5.19. The topological polar surface area (TPSA) is 12.0 Å². The normalized spacial score (nSPS) is 23.9. The number of aryl methyl sites for hydroxylation is 1. The monoisotopic (exact) mass is 313 g/mol.